The summed E-state index contributed by atoms with van der Waals surface area (Å²) in [5.41, 5.74) is 4.91. The van der Waals surface area contributed by atoms with Gasteiger partial charge < -0.3 is 5.32 Å². The lowest BCUT2D eigenvalue weighted by molar-refractivity contribution is 0.261. The predicted octanol–water partition coefficient (Wildman–Crippen LogP) is 3.22. The predicted molar refractivity (Wildman–Crippen MR) is 61.8 cm³/mol. The molecule has 0 aliphatic carbocycles. The number of amides is 1. The van der Waals surface area contributed by atoms with Crippen LogP contribution in [0.15, 0.2) is 12.1 Å². The highest BCUT2D eigenvalue weighted by Gasteiger charge is 2.04. The number of hydrogen-bond acceptors (Lipinski definition) is 1. The Hall–Kier alpha value is -0.830. The van der Waals surface area contributed by atoms with Crippen LogP contribution in [0.2, 0.25) is 0 Å². The molecule has 0 radical (unpaired) electrons. The van der Waals surface area contributed by atoms with Crippen molar-refractivity contribution in [2.24, 2.45) is 0 Å². The second-order valence-corrected chi connectivity index (χ2v) is 4.22. The molecule has 0 aliphatic rings. The monoisotopic (exact) mass is 255 g/mol. The lowest BCUT2D eigenvalue weighted by Gasteiger charge is -2.10. The van der Waals surface area contributed by atoms with Gasteiger partial charge in [-0.2, -0.15) is 0 Å². The molecule has 0 saturated carbocycles. The van der Waals surface area contributed by atoms with Crippen LogP contribution < -0.4 is 5.32 Å². The Morgan fingerprint density at radius 2 is 1.79 bits per heavy atom. The number of carbonyl (C=O) groups excluding carboxylic acids is 1. The quantitative estimate of drug-likeness (QED) is 0.638. The standard InChI is InChI=1S/C11H14BrNO/c1-7-4-8(2)10(9(3)5-7)6-13-11(12)14/h4-5H,6H2,1-3H3,(H,13,14). The minimum absolute atomic E-state index is 0.170. The van der Waals surface area contributed by atoms with Gasteiger partial charge in [0.25, 0.3) is 4.82 Å². The maximum Gasteiger partial charge on any atom is 0.287 e. The van der Waals surface area contributed by atoms with Crippen molar-refractivity contribution in [1.82, 2.24) is 5.32 Å². The van der Waals surface area contributed by atoms with E-state index >= 15 is 0 Å². The third-order valence-corrected chi connectivity index (χ3v) is 2.52. The number of halogens is 1. The molecule has 3 heteroatoms. The third kappa shape index (κ3) is 2.84. The van der Waals surface area contributed by atoms with Crippen LogP contribution in [0.25, 0.3) is 0 Å². The van der Waals surface area contributed by atoms with Gasteiger partial charge in [0.1, 0.15) is 0 Å². The fourth-order valence-corrected chi connectivity index (χ4v) is 1.79. The van der Waals surface area contributed by atoms with Gasteiger partial charge in [-0.3, -0.25) is 4.79 Å². The van der Waals surface area contributed by atoms with Gasteiger partial charge in [-0.05, 0) is 37.5 Å². The number of rotatable bonds is 2. The first kappa shape index (κ1) is 11.2. The normalized spacial score (nSPS) is 10.0. The molecule has 1 aromatic carbocycles. The number of carbonyl (C=O) groups is 1. The first-order valence-corrected chi connectivity index (χ1v) is 5.30. The van der Waals surface area contributed by atoms with E-state index in [0.717, 1.165) is 0 Å². The van der Waals surface area contributed by atoms with Gasteiger partial charge in [0.15, 0.2) is 0 Å². The zero-order valence-corrected chi connectivity index (χ0v) is 10.2. The average molecular weight is 256 g/mol. The molecule has 0 bridgehead atoms. The molecule has 1 rings (SSSR count). The Morgan fingerprint density at radius 3 is 2.21 bits per heavy atom. The zero-order chi connectivity index (χ0) is 10.7. The summed E-state index contributed by atoms with van der Waals surface area (Å²) in [6.45, 7) is 6.79. The van der Waals surface area contributed by atoms with Crippen molar-refractivity contribution in [1.29, 1.82) is 0 Å². The maximum atomic E-state index is 10.7. The fraction of sp³-hybridized carbons (Fsp3) is 0.364. The van der Waals surface area contributed by atoms with Crippen LogP contribution in [-0.4, -0.2) is 4.82 Å². The van der Waals surface area contributed by atoms with Crippen molar-refractivity contribution in [3.05, 3.63) is 34.4 Å². The van der Waals surface area contributed by atoms with Crippen molar-refractivity contribution in [2.45, 2.75) is 27.3 Å². The number of hydrogen-bond donors (Lipinski definition) is 1. The summed E-state index contributed by atoms with van der Waals surface area (Å²) in [4.78, 5) is 10.5. The summed E-state index contributed by atoms with van der Waals surface area (Å²) in [5.74, 6) is 0. The zero-order valence-electron chi connectivity index (χ0n) is 8.65. The highest BCUT2D eigenvalue weighted by atomic mass is 79.9. The van der Waals surface area contributed by atoms with Crippen LogP contribution in [0.3, 0.4) is 0 Å². The summed E-state index contributed by atoms with van der Waals surface area (Å²) >= 11 is 2.85. The molecule has 0 aromatic heterocycles. The van der Waals surface area contributed by atoms with Crippen LogP contribution in [0.1, 0.15) is 22.3 Å². The molecule has 1 N–H and O–H groups in total. The van der Waals surface area contributed by atoms with Gasteiger partial charge in [0, 0.05) is 22.5 Å². The molecule has 1 aromatic rings. The van der Waals surface area contributed by atoms with E-state index in [1.807, 2.05) is 0 Å². The van der Waals surface area contributed by atoms with Crippen molar-refractivity contribution in [3.63, 3.8) is 0 Å². The van der Waals surface area contributed by atoms with E-state index in [-0.39, 0.29) is 4.82 Å². The van der Waals surface area contributed by atoms with Crippen LogP contribution in [-0.2, 0) is 6.54 Å². The second kappa shape index (κ2) is 4.60. The van der Waals surface area contributed by atoms with Crippen molar-refractivity contribution >= 4 is 20.7 Å². The van der Waals surface area contributed by atoms with Crippen molar-refractivity contribution in [2.75, 3.05) is 0 Å². The molecule has 0 saturated heterocycles. The molecule has 0 fully saturated rings. The van der Waals surface area contributed by atoms with E-state index in [1.54, 1.807) is 0 Å². The molecule has 14 heavy (non-hydrogen) atoms. The molecule has 76 valence electrons. The van der Waals surface area contributed by atoms with E-state index in [0.29, 0.717) is 6.54 Å². The summed E-state index contributed by atoms with van der Waals surface area (Å²) in [6, 6.07) is 4.26. The van der Waals surface area contributed by atoms with Gasteiger partial charge in [0.05, 0.1) is 0 Å². The van der Waals surface area contributed by atoms with Crippen LogP contribution in [0.4, 0.5) is 4.79 Å². The Balaban J connectivity index is 2.91. The minimum atomic E-state index is -0.170. The van der Waals surface area contributed by atoms with E-state index in [4.69, 9.17) is 0 Å². The fourth-order valence-electron chi connectivity index (χ4n) is 1.65. The first-order valence-electron chi connectivity index (χ1n) is 4.50. The Bertz CT molecular complexity index is 337. The summed E-state index contributed by atoms with van der Waals surface area (Å²) in [7, 11) is 0. The van der Waals surface area contributed by atoms with Crippen LogP contribution in [0.5, 0.6) is 0 Å². The lowest BCUT2D eigenvalue weighted by atomic mass is 10.00. The maximum absolute atomic E-state index is 10.7. The molecular formula is C11H14BrNO. The minimum Gasteiger partial charge on any atom is -0.343 e. The molecule has 0 spiro atoms. The number of nitrogens with one attached hydrogen (secondary N) is 1. The summed E-state index contributed by atoms with van der Waals surface area (Å²) in [6.07, 6.45) is 0. The van der Waals surface area contributed by atoms with Crippen LogP contribution >= 0.6 is 15.9 Å². The highest BCUT2D eigenvalue weighted by molar-refractivity contribution is 9.18. The molecule has 0 atom stereocenters. The van der Waals surface area contributed by atoms with Gasteiger partial charge in [-0.25, -0.2) is 0 Å². The SMILES string of the molecule is Cc1cc(C)c(CNC(=O)Br)c(C)c1. The highest BCUT2D eigenvalue weighted by Crippen LogP contribution is 2.16. The van der Waals surface area contributed by atoms with E-state index in [9.17, 15) is 4.79 Å². The Morgan fingerprint density at radius 1 is 1.29 bits per heavy atom. The largest absolute Gasteiger partial charge is 0.343 e. The van der Waals surface area contributed by atoms with E-state index in [1.165, 1.54) is 22.3 Å². The summed E-state index contributed by atoms with van der Waals surface area (Å²) < 4.78 is 0. The van der Waals surface area contributed by atoms with E-state index < -0.39 is 0 Å². The number of benzene rings is 1. The lowest BCUT2D eigenvalue weighted by Crippen LogP contribution is -2.16. The van der Waals surface area contributed by atoms with Gasteiger partial charge in [0.2, 0.25) is 0 Å². The summed E-state index contributed by atoms with van der Waals surface area (Å²) in [5, 5.41) is 2.74. The topological polar surface area (TPSA) is 29.1 Å². The Kier molecular flexibility index (Phi) is 3.69. The van der Waals surface area contributed by atoms with E-state index in [2.05, 4.69) is 54.2 Å². The second-order valence-electron chi connectivity index (χ2n) is 3.50. The number of aryl methyl sites for hydroxylation is 3. The third-order valence-electron chi connectivity index (χ3n) is 2.24. The van der Waals surface area contributed by atoms with Gasteiger partial charge in [-0.1, -0.05) is 17.7 Å². The van der Waals surface area contributed by atoms with Crippen molar-refractivity contribution in [3.8, 4) is 0 Å². The van der Waals surface area contributed by atoms with Crippen LogP contribution in [0, 0.1) is 20.8 Å². The Labute approximate surface area is 92.8 Å². The molecule has 0 aliphatic heterocycles. The molecule has 0 heterocycles. The van der Waals surface area contributed by atoms with Crippen molar-refractivity contribution < 1.29 is 4.79 Å². The van der Waals surface area contributed by atoms with Gasteiger partial charge >= 0.3 is 0 Å². The average Bonchev–Trinajstić information content (AvgIpc) is 2.01. The first-order chi connectivity index (χ1) is 6.50. The molecule has 0 unspecified atom stereocenters. The van der Waals surface area contributed by atoms with Gasteiger partial charge in [-0.15, -0.1) is 0 Å². The molecule has 2 nitrogen and oxygen atoms in total. The molecule has 1 amide bonds. The smallest absolute Gasteiger partial charge is 0.287 e. The molecular weight excluding hydrogens is 242 g/mol.